The highest BCUT2D eigenvalue weighted by molar-refractivity contribution is 7.45. The van der Waals surface area contributed by atoms with Crippen LogP contribution in [0.3, 0.4) is 0 Å². The molecule has 0 heterocycles. The van der Waals surface area contributed by atoms with Crippen molar-refractivity contribution in [3.05, 3.63) is 109 Å². The molecule has 0 saturated carbocycles. The van der Waals surface area contributed by atoms with E-state index in [4.69, 9.17) is 18.5 Å². The summed E-state index contributed by atoms with van der Waals surface area (Å²) in [7, 11) is 1.17. The highest BCUT2D eigenvalue weighted by atomic mass is 31.2. The Morgan fingerprint density at radius 3 is 0.944 bits per heavy atom. The van der Waals surface area contributed by atoms with Gasteiger partial charge in [-0.3, -0.25) is 14.2 Å². The standard InChI is InChI=1S/C80H142NO8P/c1-6-8-10-12-14-16-18-20-22-24-26-28-30-32-34-36-38-40-42-44-46-48-50-52-54-56-58-60-62-64-66-68-70-72-79(82)86-76-78(77-88-90(84,85)87-75-74-81(3,4)5)89-80(83)73-71-69-67-65-63-61-59-57-55-53-51-49-47-45-43-41-39-37-35-33-31-29-27-25-23-21-19-17-15-13-11-9-7-2/h9,11,15,17-18,20-21,23-24,26-27,29,33,35,39,41,45,47,78H,6-8,10,12-14,16,19,22,25,28,30-32,34,36-38,40,42-44,46,48-77H2,1-5H3/b11-9-,17-15-,20-18-,23-21-,26-24-,29-27-,35-33-,41-39-,47-45-. The monoisotopic (exact) mass is 1280 g/mol. The van der Waals surface area contributed by atoms with Gasteiger partial charge in [0.15, 0.2) is 6.10 Å². The number of carbonyl (C=O) groups is 2. The fourth-order valence-electron chi connectivity index (χ4n) is 10.6. The Kier molecular flexibility index (Phi) is 67.4. The zero-order valence-electron chi connectivity index (χ0n) is 59.3. The van der Waals surface area contributed by atoms with Gasteiger partial charge in [0.05, 0.1) is 27.7 Å². The number of allylic oxidation sites excluding steroid dienone is 18. The fourth-order valence-corrected chi connectivity index (χ4v) is 11.3. The van der Waals surface area contributed by atoms with Crippen LogP contribution in [-0.4, -0.2) is 70.0 Å². The Hall–Kier alpha value is -3.33. The number of esters is 2. The fraction of sp³-hybridized carbons (Fsp3) is 0.750. The number of nitrogens with zero attached hydrogens (tertiary/aromatic N) is 1. The Morgan fingerprint density at radius 1 is 0.356 bits per heavy atom. The Bertz CT molecular complexity index is 1890. The Labute approximate surface area is 556 Å². The number of likely N-dealkylation sites (N-methyl/N-ethyl adjacent to an activating group) is 1. The third-order valence-corrected chi connectivity index (χ3v) is 17.2. The van der Waals surface area contributed by atoms with Gasteiger partial charge in [-0.1, -0.05) is 329 Å². The van der Waals surface area contributed by atoms with Gasteiger partial charge in [-0.25, -0.2) is 0 Å². The number of phosphoric acid groups is 1. The van der Waals surface area contributed by atoms with Gasteiger partial charge >= 0.3 is 11.9 Å². The number of ether oxygens (including phenoxy) is 2. The SMILES string of the molecule is CC/C=C\C/C=C\C/C=C\C/C=C\C/C=C\C/C=C\C/C=C\CCCCCCCCCCCCCC(=O)OC(COC(=O)CCCCCCCCCCCCCCCCCCCCCCC/C=C\C/C=C\CCCCCCC)COP(=O)([O-])OCC[N+](C)(C)C. The van der Waals surface area contributed by atoms with Crippen molar-refractivity contribution in [2.24, 2.45) is 0 Å². The minimum absolute atomic E-state index is 0.0342. The normalized spacial score (nSPS) is 13.7. The smallest absolute Gasteiger partial charge is 0.306 e. The highest BCUT2D eigenvalue weighted by Gasteiger charge is 2.22. The average molecular weight is 1280 g/mol. The van der Waals surface area contributed by atoms with E-state index in [1.54, 1.807) is 0 Å². The maximum atomic E-state index is 12.9. The number of rotatable bonds is 69. The van der Waals surface area contributed by atoms with E-state index in [0.717, 1.165) is 96.3 Å². The van der Waals surface area contributed by atoms with Gasteiger partial charge in [0, 0.05) is 12.8 Å². The average Bonchev–Trinajstić information content (AvgIpc) is 3.58. The first-order valence-electron chi connectivity index (χ1n) is 37.6. The Balaban J connectivity index is 4.02. The molecule has 0 aromatic carbocycles. The minimum atomic E-state index is -4.65. The molecule has 0 rings (SSSR count). The van der Waals surface area contributed by atoms with Crippen LogP contribution in [0.5, 0.6) is 0 Å². The van der Waals surface area contributed by atoms with Crippen LogP contribution in [0.15, 0.2) is 109 Å². The molecule has 520 valence electrons. The molecule has 0 spiro atoms. The van der Waals surface area contributed by atoms with E-state index in [9.17, 15) is 19.0 Å². The summed E-state index contributed by atoms with van der Waals surface area (Å²) in [6.07, 6.45) is 99.0. The van der Waals surface area contributed by atoms with Gasteiger partial charge < -0.3 is 27.9 Å². The predicted molar refractivity (Wildman–Crippen MR) is 388 cm³/mol. The van der Waals surface area contributed by atoms with Crippen LogP contribution in [0, 0.1) is 0 Å². The van der Waals surface area contributed by atoms with Crippen molar-refractivity contribution in [2.75, 3.05) is 47.5 Å². The van der Waals surface area contributed by atoms with Crippen molar-refractivity contribution in [2.45, 2.75) is 341 Å². The van der Waals surface area contributed by atoms with Crippen molar-refractivity contribution >= 4 is 19.8 Å². The lowest BCUT2D eigenvalue weighted by Gasteiger charge is -2.28. The lowest BCUT2D eigenvalue weighted by molar-refractivity contribution is -0.870. The molecule has 0 aromatic heterocycles. The Morgan fingerprint density at radius 2 is 0.633 bits per heavy atom. The van der Waals surface area contributed by atoms with Gasteiger partial charge in [-0.15, -0.1) is 0 Å². The van der Waals surface area contributed by atoms with Crippen LogP contribution in [0.2, 0.25) is 0 Å². The molecule has 2 unspecified atom stereocenters. The number of hydrogen-bond donors (Lipinski definition) is 0. The van der Waals surface area contributed by atoms with Gasteiger partial charge in [0.25, 0.3) is 7.82 Å². The summed E-state index contributed by atoms with van der Waals surface area (Å²) < 4.78 is 34.4. The number of hydrogen-bond acceptors (Lipinski definition) is 8. The molecule has 0 N–H and O–H groups in total. The van der Waals surface area contributed by atoms with E-state index in [2.05, 4.69) is 123 Å². The van der Waals surface area contributed by atoms with E-state index in [1.165, 1.54) is 205 Å². The molecule has 0 radical (unpaired) electrons. The number of unbranched alkanes of at least 4 members (excludes halogenated alkanes) is 37. The molecule has 10 heteroatoms. The van der Waals surface area contributed by atoms with Crippen LogP contribution in [-0.2, 0) is 32.7 Å². The second-order valence-electron chi connectivity index (χ2n) is 26.3. The molecule has 0 fully saturated rings. The van der Waals surface area contributed by atoms with Crippen LogP contribution < -0.4 is 4.89 Å². The molecule has 90 heavy (non-hydrogen) atoms. The van der Waals surface area contributed by atoms with Gasteiger partial charge in [-0.2, -0.15) is 0 Å². The largest absolute Gasteiger partial charge is 0.756 e. The van der Waals surface area contributed by atoms with E-state index in [1.807, 2.05) is 21.1 Å². The van der Waals surface area contributed by atoms with Crippen molar-refractivity contribution in [3.63, 3.8) is 0 Å². The van der Waals surface area contributed by atoms with Gasteiger partial charge in [0.1, 0.15) is 19.8 Å². The summed E-state index contributed by atoms with van der Waals surface area (Å²) in [6, 6.07) is 0. The first kappa shape index (κ1) is 86.7. The molecular weight excluding hydrogens is 1130 g/mol. The molecule has 0 amide bonds. The maximum absolute atomic E-state index is 12.9. The topological polar surface area (TPSA) is 111 Å². The lowest BCUT2D eigenvalue weighted by Crippen LogP contribution is -2.37. The lowest BCUT2D eigenvalue weighted by atomic mass is 10.0. The van der Waals surface area contributed by atoms with Crippen LogP contribution in [0.4, 0.5) is 0 Å². The van der Waals surface area contributed by atoms with E-state index < -0.39 is 26.5 Å². The van der Waals surface area contributed by atoms with E-state index in [0.29, 0.717) is 17.4 Å². The summed E-state index contributed by atoms with van der Waals surface area (Å²) in [4.78, 5) is 38.1. The predicted octanol–water partition coefficient (Wildman–Crippen LogP) is 24.2. The van der Waals surface area contributed by atoms with Crippen molar-refractivity contribution < 1.29 is 42.1 Å². The first-order chi connectivity index (χ1) is 44.0. The molecule has 0 aliphatic heterocycles. The zero-order valence-corrected chi connectivity index (χ0v) is 60.2. The molecule has 0 aromatic rings. The molecule has 2 atom stereocenters. The van der Waals surface area contributed by atoms with Crippen molar-refractivity contribution in [1.29, 1.82) is 0 Å². The summed E-state index contributed by atoms with van der Waals surface area (Å²) in [6.45, 7) is 4.15. The minimum Gasteiger partial charge on any atom is -0.756 e. The first-order valence-corrected chi connectivity index (χ1v) is 39.1. The number of quaternary nitrogens is 1. The quantitative estimate of drug-likeness (QED) is 0.0195. The zero-order chi connectivity index (χ0) is 65.5. The summed E-state index contributed by atoms with van der Waals surface area (Å²) in [5.74, 6) is -0.828. The third kappa shape index (κ3) is 73.7. The number of carbonyl (C=O) groups excluding carboxylic acids is 2. The van der Waals surface area contributed by atoms with Crippen molar-refractivity contribution in [3.8, 4) is 0 Å². The molecule has 0 saturated heterocycles. The maximum Gasteiger partial charge on any atom is 0.306 e. The highest BCUT2D eigenvalue weighted by Crippen LogP contribution is 2.38. The van der Waals surface area contributed by atoms with Crippen LogP contribution in [0.25, 0.3) is 0 Å². The second kappa shape index (κ2) is 70.0. The molecule has 0 bridgehead atoms. The summed E-state index contributed by atoms with van der Waals surface area (Å²) in [5, 5.41) is 0. The molecule has 0 aliphatic rings. The van der Waals surface area contributed by atoms with Crippen molar-refractivity contribution in [1.82, 2.24) is 0 Å². The molecular formula is C80H142NO8P. The second-order valence-corrected chi connectivity index (χ2v) is 27.7. The summed E-state index contributed by atoms with van der Waals surface area (Å²) in [5.41, 5.74) is 0. The van der Waals surface area contributed by atoms with Gasteiger partial charge in [0.2, 0.25) is 0 Å². The number of phosphoric ester groups is 1. The van der Waals surface area contributed by atoms with Crippen LogP contribution in [0.1, 0.15) is 335 Å². The summed E-state index contributed by atoms with van der Waals surface area (Å²) >= 11 is 0. The third-order valence-electron chi connectivity index (χ3n) is 16.3. The van der Waals surface area contributed by atoms with E-state index in [-0.39, 0.29) is 32.0 Å². The molecule has 9 nitrogen and oxygen atoms in total. The van der Waals surface area contributed by atoms with Gasteiger partial charge in [-0.05, 0) is 103 Å². The van der Waals surface area contributed by atoms with E-state index >= 15 is 0 Å². The molecule has 0 aliphatic carbocycles. The van der Waals surface area contributed by atoms with Crippen LogP contribution >= 0.6 is 7.82 Å².